The molecule has 0 bridgehead atoms. The van der Waals surface area contributed by atoms with Crippen LogP contribution < -0.4 is 11.5 Å². The molecule has 0 aromatic rings. The summed E-state index contributed by atoms with van der Waals surface area (Å²) in [5, 5.41) is 0. The van der Waals surface area contributed by atoms with Gasteiger partial charge in [-0.25, -0.2) is 0 Å². The first-order valence-corrected chi connectivity index (χ1v) is 0.931. The van der Waals surface area contributed by atoms with Crippen molar-refractivity contribution in [2.45, 2.75) is 0 Å². The zero-order valence-electron chi connectivity index (χ0n) is 2.77. The Hall–Kier alpha value is -0.370. The molecular weight excluding hydrogens is 87.5 g/mol. The third-order valence-corrected chi connectivity index (χ3v) is 0. The first kappa shape index (κ1) is 8.82. The second-order valence-corrected chi connectivity index (χ2v) is 0.575. The monoisotopic (exact) mass is 94.0 g/mol. The molecule has 0 saturated heterocycles. The quantitative estimate of drug-likeness (QED) is 0.437. The van der Waals surface area contributed by atoms with E-state index in [0.717, 1.165) is 0 Å². The van der Waals surface area contributed by atoms with Gasteiger partial charge in [0.25, 0.3) is 0 Å². The Morgan fingerprint density at radius 1 is 1.40 bits per heavy atom. The lowest BCUT2D eigenvalue weighted by molar-refractivity contribution is 1.27. The highest BCUT2D eigenvalue weighted by atomic mass is 35.5. The van der Waals surface area contributed by atoms with Gasteiger partial charge in [0, 0.05) is 0 Å². The maximum Gasteiger partial charge on any atom is 0.0859 e. The average Bonchev–Trinajstić information content (AvgIpc) is 0.811. The fraction of sp³-hybridized carbons (Fsp3) is 0. The topological polar surface area (TPSA) is 52.0 Å². The minimum absolute atomic E-state index is 0. The fourth-order valence-corrected chi connectivity index (χ4v) is 0. The van der Waals surface area contributed by atoms with Gasteiger partial charge in [-0.2, -0.15) is 0 Å². The Labute approximate surface area is 37.2 Å². The van der Waals surface area contributed by atoms with E-state index in [4.69, 9.17) is 11.5 Å². The van der Waals surface area contributed by atoms with Crippen LogP contribution in [0.25, 0.3) is 0 Å². The highest BCUT2D eigenvalue weighted by Crippen LogP contribution is 1.39. The predicted octanol–water partition coefficient (Wildman–Crippen LogP) is -0.203. The van der Waals surface area contributed by atoms with Crippen molar-refractivity contribution in [1.29, 1.82) is 0 Å². The van der Waals surface area contributed by atoms with Crippen molar-refractivity contribution in [3.63, 3.8) is 0 Å². The van der Waals surface area contributed by atoms with Crippen LogP contribution in [0.3, 0.4) is 0 Å². The number of nitrogens with two attached hydrogens (primary N) is 2. The van der Waals surface area contributed by atoms with E-state index in [-0.39, 0.29) is 18.2 Å². The zero-order valence-corrected chi connectivity index (χ0v) is 3.59. The van der Waals surface area contributed by atoms with Crippen LogP contribution in [-0.4, -0.2) is 0 Å². The van der Waals surface area contributed by atoms with Gasteiger partial charge in [-0.3, -0.25) is 0 Å². The number of hydrogen-bond acceptors (Lipinski definition) is 2. The first-order valence-electron chi connectivity index (χ1n) is 0.931. The Bertz CT molecular complexity index is 30.6. The molecule has 0 rings (SSSR count). The van der Waals surface area contributed by atoms with E-state index in [1.165, 1.54) is 0 Å². The largest absolute Gasteiger partial charge is 0.386 e. The molecule has 0 atom stereocenters. The summed E-state index contributed by atoms with van der Waals surface area (Å²) >= 11 is 0. The van der Waals surface area contributed by atoms with E-state index < -0.39 is 0 Å². The lowest BCUT2D eigenvalue weighted by atomic mass is 10.9. The van der Waals surface area contributed by atoms with Crippen molar-refractivity contribution in [3.05, 3.63) is 12.4 Å². The lowest BCUT2D eigenvalue weighted by Crippen LogP contribution is -2.04. The molecule has 0 heterocycles. The van der Waals surface area contributed by atoms with Gasteiger partial charge >= 0.3 is 0 Å². The van der Waals surface area contributed by atoms with Crippen LogP contribution in [0.2, 0.25) is 0 Å². The maximum atomic E-state index is 4.69. The number of hydrogen-bond donors (Lipinski definition) is 2. The fourth-order valence-electron chi connectivity index (χ4n) is 0. The SMILES string of the molecule is C=C(N)N.Cl. The molecule has 0 aromatic heterocycles. The molecule has 0 aliphatic rings. The summed E-state index contributed by atoms with van der Waals surface area (Å²) in [6.07, 6.45) is 0. The summed E-state index contributed by atoms with van der Waals surface area (Å²) in [5.41, 5.74) is 9.39. The van der Waals surface area contributed by atoms with Gasteiger partial charge in [0.05, 0.1) is 5.82 Å². The maximum absolute atomic E-state index is 4.69. The molecular formula is C2H7ClN2. The third-order valence-electron chi connectivity index (χ3n) is 0. The molecule has 32 valence electrons. The minimum atomic E-state index is 0. The summed E-state index contributed by atoms with van der Waals surface area (Å²) in [5.74, 6) is 0.167. The van der Waals surface area contributed by atoms with Gasteiger partial charge in [0.15, 0.2) is 0 Å². The molecule has 0 aliphatic heterocycles. The molecule has 0 unspecified atom stereocenters. The molecule has 3 heteroatoms. The lowest BCUT2D eigenvalue weighted by Gasteiger charge is -1.72. The molecule has 0 spiro atoms. The number of halogens is 1. The van der Waals surface area contributed by atoms with Gasteiger partial charge in [-0.15, -0.1) is 12.4 Å². The van der Waals surface area contributed by atoms with Crippen LogP contribution in [0.5, 0.6) is 0 Å². The van der Waals surface area contributed by atoms with Gasteiger partial charge in [0.2, 0.25) is 0 Å². The van der Waals surface area contributed by atoms with Crippen LogP contribution in [0.15, 0.2) is 12.4 Å². The average molecular weight is 94.5 g/mol. The van der Waals surface area contributed by atoms with Crippen molar-refractivity contribution in [2.75, 3.05) is 0 Å². The van der Waals surface area contributed by atoms with Gasteiger partial charge in [0.1, 0.15) is 0 Å². The summed E-state index contributed by atoms with van der Waals surface area (Å²) in [6, 6.07) is 0. The second kappa shape index (κ2) is 3.63. The predicted molar refractivity (Wildman–Crippen MR) is 24.8 cm³/mol. The first-order chi connectivity index (χ1) is 1.73. The van der Waals surface area contributed by atoms with Crippen molar-refractivity contribution < 1.29 is 0 Å². The summed E-state index contributed by atoms with van der Waals surface area (Å²) in [4.78, 5) is 0. The Morgan fingerprint density at radius 3 is 1.40 bits per heavy atom. The van der Waals surface area contributed by atoms with E-state index in [1.54, 1.807) is 0 Å². The van der Waals surface area contributed by atoms with Crippen LogP contribution in [0.4, 0.5) is 0 Å². The molecule has 4 N–H and O–H groups in total. The summed E-state index contributed by atoms with van der Waals surface area (Å²) < 4.78 is 0. The molecule has 5 heavy (non-hydrogen) atoms. The standard InChI is InChI=1S/C2H6N2.ClH/c1-2(3)4;/h1,3-4H2;1H. The van der Waals surface area contributed by atoms with E-state index >= 15 is 0 Å². The minimum Gasteiger partial charge on any atom is -0.386 e. The van der Waals surface area contributed by atoms with E-state index in [1.807, 2.05) is 0 Å². The van der Waals surface area contributed by atoms with E-state index in [9.17, 15) is 0 Å². The van der Waals surface area contributed by atoms with Crippen LogP contribution >= 0.6 is 12.4 Å². The van der Waals surface area contributed by atoms with Crippen molar-refractivity contribution in [1.82, 2.24) is 0 Å². The summed E-state index contributed by atoms with van der Waals surface area (Å²) in [6.45, 7) is 3.11. The molecule has 0 radical (unpaired) electrons. The smallest absolute Gasteiger partial charge is 0.0859 e. The molecule has 0 amide bonds. The Morgan fingerprint density at radius 2 is 1.40 bits per heavy atom. The molecule has 0 saturated carbocycles. The van der Waals surface area contributed by atoms with Crippen molar-refractivity contribution in [3.8, 4) is 0 Å². The van der Waals surface area contributed by atoms with Gasteiger partial charge < -0.3 is 11.5 Å². The van der Waals surface area contributed by atoms with Crippen LogP contribution in [0, 0.1) is 0 Å². The molecule has 0 aliphatic carbocycles. The summed E-state index contributed by atoms with van der Waals surface area (Å²) in [7, 11) is 0. The van der Waals surface area contributed by atoms with E-state index in [2.05, 4.69) is 6.58 Å². The Kier molecular flexibility index (Phi) is 6.40. The zero-order chi connectivity index (χ0) is 3.58. The van der Waals surface area contributed by atoms with Gasteiger partial charge in [-0.05, 0) is 0 Å². The van der Waals surface area contributed by atoms with Crippen LogP contribution in [0.1, 0.15) is 0 Å². The molecule has 0 aromatic carbocycles. The van der Waals surface area contributed by atoms with Gasteiger partial charge in [-0.1, -0.05) is 6.58 Å². The van der Waals surface area contributed by atoms with Crippen LogP contribution in [-0.2, 0) is 0 Å². The number of rotatable bonds is 0. The molecule has 0 fully saturated rings. The second-order valence-electron chi connectivity index (χ2n) is 0.575. The third kappa shape index (κ3) is 70.4. The van der Waals surface area contributed by atoms with Crippen molar-refractivity contribution in [2.24, 2.45) is 11.5 Å². The van der Waals surface area contributed by atoms with Crippen molar-refractivity contribution >= 4 is 12.4 Å². The highest BCUT2D eigenvalue weighted by Gasteiger charge is 1.48. The normalized spacial score (nSPS) is 4.80. The highest BCUT2D eigenvalue weighted by molar-refractivity contribution is 5.85. The molecule has 2 nitrogen and oxygen atoms in total. The Balaban J connectivity index is 0. The van der Waals surface area contributed by atoms with E-state index in [0.29, 0.717) is 0 Å².